The summed E-state index contributed by atoms with van der Waals surface area (Å²) in [4.78, 5) is 16.0. The van der Waals surface area contributed by atoms with Gasteiger partial charge in [-0.3, -0.25) is 0 Å². The monoisotopic (exact) mass is 453 g/mol. The zero-order valence-corrected chi connectivity index (χ0v) is 19.9. The van der Waals surface area contributed by atoms with Crippen molar-refractivity contribution in [2.24, 2.45) is 0 Å². The largest absolute Gasteiger partial charge is 0.493 e. The lowest BCUT2D eigenvalue weighted by molar-refractivity contribution is 0.312. The summed E-state index contributed by atoms with van der Waals surface area (Å²) in [5.74, 6) is 3.37. The molecule has 0 spiro atoms. The van der Waals surface area contributed by atoms with Crippen molar-refractivity contribution >= 4 is 27.4 Å². The number of hydrogen-bond acceptors (Lipinski definition) is 9. The van der Waals surface area contributed by atoms with E-state index in [0.717, 1.165) is 53.3 Å². The minimum Gasteiger partial charge on any atom is -0.493 e. The van der Waals surface area contributed by atoms with Crippen LogP contribution in [-0.4, -0.2) is 69.4 Å². The number of nitrogens with zero attached hydrogens (tertiary/aromatic N) is 5. The van der Waals surface area contributed by atoms with Crippen molar-refractivity contribution in [2.45, 2.75) is 13.3 Å². The number of hydrogen-bond donors (Lipinski definition) is 0. The van der Waals surface area contributed by atoms with E-state index in [1.807, 2.05) is 19.1 Å². The molecule has 0 saturated carbocycles. The molecule has 2 aromatic heterocycles. The minimum atomic E-state index is 0.506. The Morgan fingerprint density at radius 1 is 1.03 bits per heavy atom. The number of methoxy groups -OCH3 is 3. The molecule has 1 aliphatic rings. The molecule has 0 unspecified atom stereocenters. The van der Waals surface area contributed by atoms with Gasteiger partial charge < -0.3 is 24.0 Å². The summed E-state index contributed by atoms with van der Waals surface area (Å²) in [6, 6.07) is 6.15. The Morgan fingerprint density at radius 2 is 1.69 bits per heavy atom. The molecule has 3 aromatic rings. The van der Waals surface area contributed by atoms with Crippen LogP contribution in [0.5, 0.6) is 17.2 Å². The number of fused-ring (bicyclic) bond motifs is 1. The predicted octanol–water partition coefficient (Wildman–Crippen LogP) is 3.24. The van der Waals surface area contributed by atoms with Crippen LogP contribution >= 0.6 is 11.3 Å². The molecule has 0 bridgehead atoms. The van der Waals surface area contributed by atoms with E-state index in [0.29, 0.717) is 34.4 Å². The van der Waals surface area contributed by atoms with Crippen molar-refractivity contribution in [3.63, 3.8) is 0 Å². The van der Waals surface area contributed by atoms with Crippen LogP contribution in [0.3, 0.4) is 0 Å². The predicted molar refractivity (Wildman–Crippen MR) is 125 cm³/mol. The number of likely N-dealkylation sites (N-methyl/N-ethyl adjacent to an activating group) is 1. The maximum absolute atomic E-state index is 9.58. The van der Waals surface area contributed by atoms with Gasteiger partial charge in [0.15, 0.2) is 11.5 Å². The second-order valence-electron chi connectivity index (χ2n) is 7.81. The fraction of sp³-hybridized carbons (Fsp3) is 0.435. The first-order valence-electron chi connectivity index (χ1n) is 10.4. The minimum absolute atomic E-state index is 0.506. The third kappa shape index (κ3) is 4.04. The van der Waals surface area contributed by atoms with Crippen molar-refractivity contribution in [1.82, 2.24) is 14.9 Å². The lowest BCUT2D eigenvalue weighted by atomic mass is 10.1. The molecule has 168 valence electrons. The summed E-state index contributed by atoms with van der Waals surface area (Å²) in [5, 5.41) is 10.6. The average molecular weight is 454 g/mol. The van der Waals surface area contributed by atoms with Crippen LogP contribution in [0.25, 0.3) is 10.2 Å². The van der Waals surface area contributed by atoms with E-state index >= 15 is 0 Å². The van der Waals surface area contributed by atoms with E-state index in [2.05, 4.69) is 22.9 Å². The van der Waals surface area contributed by atoms with E-state index in [-0.39, 0.29) is 0 Å². The molecule has 1 aliphatic heterocycles. The Kier molecular flexibility index (Phi) is 6.35. The molecule has 1 aromatic carbocycles. The molecule has 8 nitrogen and oxygen atoms in total. The van der Waals surface area contributed by atoms with Gasteiger partial charge in [0.25, 0.3) is 0 Å². The molecule has 0 amide bonds. The summed E-state index contributed by atoms with van der Waals surface area (Å²) in [6.45, 7) is 5.72. The van der Waals surface area contributed by atoms with E-state index in [9.17, 15) is 5.26 Å². The number of nitriles is 1. The first kappa shape index (κ1) is 22.1. The number of thiophene rings is 1. The summed E-state index contributed by atoms with van der Waals surface area (Å²) < 4.78 is 16.4. The Balaban J connectivity index is 1.79. The molecule has 3 heterocycles. The molecular weight excluding hydrogens is 426 g/mol. The number of rotatable bonds is 6. The summed E-state index contributed by atoms with van der Waals surface area (Å²) in [5.41, 5.74) is 1.91. The van der Waals surface area contributed by atoms with Crippen molar-refractivity contribution in [2.75, 3.05) is 59.5 Å². The fourth-order valence-corrected chi connectivity index (χ4v) is 5.01. The normalized spacial score (nSPS) is 14.4. The smallest absolute Gasteiger partial charge is 0.203 e. The van der Waals surface area contributed by atoms with Gasteiger partial charge in [-0.2, -0.15) is 5.26 Å². The molecule has 32 heavy (non-hydrogen) atoms. The third-order valence-corrected chi connectivity index (χ3v) is 6.90. The van der Waals surface area contributed by atoms with Gasteiger partial charge in [-0.1, -0.05) is 0 Å². The summed E-state index contributed by atoms with van der Waals surface area (Å²) in [6.07, 6.45) is 0.506. The zero-order chi connectivity index (χ0) is 22.8. The number of piperazine rings is 1. The highest BCUT2D eigenvalue weighted by atomic mass is 32.1. The molecule has 4 rings (SSSR count). The zero-order valence-electron chi connectivity index (χ0n) is 19.1. The standard InChI is InChI=1S/C23H27N5O3S/c1-14-18(13-24)32-23-20(14)22(28-8-6-27(2)7-9-28)25-19(26-23)12-15-10-16(29-3)21(31-5)17(11-15)30-4/h10-11H,6-9,12H2,1-5H3. The van der Waals surface area contributed by atoms with Gasteiger partial charge >= 0.3 is 0 Å². The second kappa shape index (κ2) is 9.18. The maximum atomic E-state index is 9.58. The van der Waals surface area contributed by atoms with Crippen molar-refractivity contribution in [1.29, 1.82) is 5.26 Å². The molecule has 0 aliphatic carbocycles. The lowest BCUT2D eigenvalue weighted by Gasteiger charge is -2.33. The number of aromatic nitrogens is 2. The molecule has 1 fully saturated rings. The summed E-state index contributed by atoms with van der Waals surface area (Å²) >= 11 is 1.43. The first-order valence-corrected chi connectivity index (χ1v) is 11.2. The number of aryl methyl sites for hydroxylation is 1. The molecule has 0 radical (unpaired) electrons. The van der Waals surface area contributed by atoms with Crippen LogP contribution in [0.15, 0.2) is 12.1 Å². The first-order chi connectivity index (χ1) is 15.5. The van der Waals surface area contributed by atoms with Gasteiger partial charge in [0.2, 0.25) is 5.75 Å². The number of ether oxygens (including phenoxy) is 3. The van der Waals surface area contributed by atoms with E-state index in [1.165, 1.54) is 11.3 Å². The average Bonchev–Trinajstić information content (AvgIpc) is 3.13. The quantitative estimate of drug-likeness (QED) is 0.563. The topological polar surface area (TPSA) is 83.7 Å². The molecule has 1 saturated heterocycles. The molecule has 0 N–H and O–H groups in total. The van der Waals surface area contributed by atoms with Gasteiger partial charge in [-0.15, -0.1) is 11.3 Å². The van der Waals surface area contributed by atoms with Crippen LogP contribution in [0.1, 0.15) is 21.8 Å². The maximum Gasteiger partial charge on any atom is 0.203 e. The third-order valence-electron chi connectivity index (χ3n) is 5.81. The lowest BCUT2D eigenvalue weighted by Crippen LogP contribution is -2.45. The van der Waals surface area contributed by atoms with Gasteiger partial charge in [-0.25, -0.2) is 9.97 Å². The van der Waals surface area contributed by atoms with Gasteiger partial charge in [-0.05, 0) is 37.2 Å². The van der Waals surface area contributed by atoms with E-state index in [4.69, 9.17) is 24.2 Å². The van der Waals surface area contributed by atoms with Crippen molar-refractivity contribution in [3.05, 3.63) is 34.0 Å². The summed E-state index contributed by atoms with van der Waals surface area (Å²) in [7, 11) is 6.93. The highest BCUT2D eigenvalue weighted by Crippen LogP contribution is 2.39. The van der Waals surface area contributed by atoms with Gasteiger partial charge in [0.05, 0.1) is 26.7 Å². The number of benzene rings is 1. The Bertz CT molecular complexity index is 1150. The van der Waals surface area contributed by atoms with Crippen molar-refractivity contribution in [3.8, 4) is 23.3 Å². The Hall–Kier alpha value is -3.09. The molecule has 0 atom stereocenters. The van der Waals surface area contributed by atoms with Gasteiger partial charge in [0, 0.05) is 32.6 Å². The highest BCUT2D eigenvalue weighted by Gasteiger charge is 2.23. The number of anilines is 1. The van der Waals surface area contributed by atoms with Crippen LogP contribution in [0.2, 0.25) is 0 Å². The molecule has 9 heteroatoms. The second-order valence-corrected chi connectivity index (χ2v) is 8.81. The molecular formula is C23H27N5O3S. The van der Waals surface area contributed by atoms with E-state index in [1.54, 1.807) is 21.3 Å². The van der Waals surface area contributed by atoms with E-state index < -0.39 is 0 Å². The van der Waals surface area contributed by atoms with Crippen molar-refractivity contribution < 1.29 is 14.2 Å². The van der Waals surface area contributed by atoms with Gasteiger partial charge in [0.1, 0.15) is 27.4 Å². The fourth-order valence-electron chi connectivity index (χ4n) is 4.01. The Labute approximate surface area is 192 Å². The van der Waals surface area contributed by atoms with Crippen LogP contribution in [0.4, 0.5) is 5.82 Å². The van der Waals surface area contributed by atoms with Crippen LogP contribution in [-0.2, 0) is 6.42 Å². The Morgan fingerprint density at radius 3 is 2.25 bits per heavy atom. The highest BCUT2D eigenvalue weighted by molar-refractivity contribution is 7.19. The van der Waals surface area contributed by atoms with Crippen LogP contribution in [0, 0.1) is 18.3 Å². The van der Waals surface area contributed by atoms with Crippen LogP contribution < -0.4 is 19.1 Å². The SMILES string of the molecule is COc1cc(Cc2nc(N3CCN(C)CC3)c3c(C)c(C#N)sc3n2)cc(OC)c1OC.